The normalized spacial score (nSPS) is 15.8. The van der Waals surface area contributed by atoms with Crippen LogP contribution in [-0.2, 0) is 19.7 Å². The minimum atomic E-state index is -0.349. The number of aliphatic hydroxyl groups excluding tert-OH is 1. The Hall–Kier alpha value is -2.45. The molecule has 0 radical (unpaired) electrons. The van der Waals surface area contributed by atoms with Crippen LogP contribution in [0.25, 0.3) is 0 Å². The summed E-state index contributed by atoms with van der Waals surface area (Å²) in [4.78, 5) is 15.5. The van der Waals surface area contributed by atoms with Crippen LogP contribution in [-0.4, -0.2) is 50.9 Å². The molecule has 140 valence electrons. The summed E-state index contributed by atoms with van der Waals surface area (Å²) in [6.45, 7) is 6.91. The standard InChI is InChI=1S/C18H25N5O3/c1-2-22-13-16(11-19-22)12-20-6-3-7-21(9-8-20)18-10-15(14-24)4-5-17(18)23(25)26/h4-5,10-11,13,24H,2-3,6-9,12,14H2,1H3. The lowest BCUT2D eigenvalue weighted by molar-refractivity contribution is -0.384. The fraction of sp³-hybridized carbons (Fsp3) is 0.500. The predicted molar refractivity (Wildman–Crippen MR) is 99.0 cm³/mol. The number of nitro benzene ring substituents is 1. The number of nitrogens with zero attached hydrogens (tertiary/aromatic N) is 5. The molecule has 0 unspecified atom stereocenters. The first kappa shape index (κ1) is 18.3. The molecule has 3 rings (SSSR count). The Kier molecular flexibility index (Phi) is 5.85. The van der Waals surface area contributed by atoms with E-state index in [2.05, 4.69) is 28.0 Å². The summed E-state index contributed by atoms with van der Waals surface area (Å²) in [5.41, 5.74) is 2.58. The van der Waals surface area contributed by atoms with Gasteiger partial charge in [-0.25, -0.2) is 0 Å². The van der Waals surface area contributed by atoms with Gasteiger partial charge in [-0.15, -0.1) is 0 Å². The highest BCUT2D eigenvalue weighted by Crippen LogP contribution is 2.30. The molecule has 0 bridgehead atoms. The number of benzene rings is 1. The summed E-state index contributed by atoms with van der Waals surface area (Å²) in [5.74, 6) is 0. The zero-order valence-corrected chi connectivity index (χ0v) is 15.0. The lowest BCUT2D eigenvalue weighted by Gasteiger charge is -2.23. The van der Waals surface area contributed by atoms with Crippen LogP contribution >= 0.6 is 0 Å². The summed E-state index contributed by atoms with van der Waals surface area (Å²) in [7, 11) is 0. The van der Waals surface area contributed by atoms with Crippen LogP contribution in [0.5, 0.6) is 0 Å². The zero-order chi connectivity index (χ0) is 18.5. The van der Waals surface area contributed by atoms with Crippen molar-refractivity contribution in [3.05, 3.63) is 51.8 Å². The van der Waals surface area contributed by atoms with E-state index in [9.17, 15) is 15.2 Å². The molecule has 0 aliphatic carbocycles. The quantitative estimate of drug-likeness (QED) is 0.627. The molecule has 0 saturated carbocycles. The summed E-state index contributed by atoms with van der Waals surface area (Å²) in [6.07, 6.45) is 4.91. The molecule has 1 saturated heterocycles. The van der Waals surface area contributed by atoms with Crippen molar-refractivity contribution >= 4 is 11.4 Å². The van der Waals surface area contributed by atoms with E-state index < -0.39 is 0 Å². The molecule has 0 spiro atoms. The van der Waals surface area contributed by atoms with Crippen molar-refractivity contribution < 1.29 is 10.0 Å². The lowest BCUT2D eigenvalue weighted by Crippen LogP contribution is -2.30. The van der Waals surface area contributed by atoms with E-state index in [1.54, 1.807) is 12.1 Å². The van der Waals surface area contributed by atoms with Gasteiger partial charge >= 0.3 is 0 Å². The first-order valence-corrected chi connectivity index (χ1v) is 8.97. The molecule has 1 aromatic carbocycles. The molecule has 26 heavy (non-hydrogen) atoms. The Labute approximate surface area is 152 Å². The predicted octanol–water partition coefficient (Wildman–Crippen LogP) is 2.02. The number of aromatic nitrogens is 2. The highest BCUT2D eigenvalue weighted by Gasteiger charge is 2.23. The number of hydrogen-bond donors (Lipinski definition) is 1. The molecule has 0 atom stereocenters. The van der Waals surface area contributed by atoms with Gasteiger partial charge in [0.1, 0.15) is 5.69 Å². The molecule has 1 aromatic heterocycles. The van der Waals surface area contributed by atoms with Gasteiger partial charge in [0.25, 0.3) is 5.69 Å². The van der Waals surface area contributed by atoms with Crippen LogP contribution in [0.2, 0.25) is 0 Å². The fourth-order valence-corrected chi connectivity index (χ4v) is 3.36. The molecule has 1 aliphatic heterocycles. The van der Waals surface area contributed by atoms with Crippen molar-refractivity contribution in [3.8, 4) is 0 Å². The monoisotopic (exact) mass is 359 g/mol. The average molecular weight is 359 g/mol. The maximum atomic E-state index is 11.4. The third-order valence-corrected chi connectivity index (χ3v) is 4.77. The Bertz CT molecular complexity index is 761. The topological polar surface area (TPSA) is 87.7 Å². The number of hydrogen-bond acceptors (Lipinski definition) is 6. The minimum absolute atomic E-state index is 0.0971. The molecule has 1 N–H and O–H groups in total. The number of anilines is 1. The van der Waals surface area contributed by atoms with Gasteiger partial charge in [-0.1, -0.05) is 0 Å². The van der Waals surface area contributed by atoms with Crippen molar-refractivity contribution in [3.63, 3.8) is 0 Å². The SMILES string of the molecule is CCn1cc(CN2CCCN(c3cc(CO)ccc3[N+](=O)[O-])CC2)cn1. The highest BCUT2D eigenvalue weighted by molar-refractivity contribution is 5.64. The van der Waals surface area contributed by atoms with E-state index in [0.29, 0.717) is 11.3 Å². The Morgan fingerprint density at radius 2 is 2.08 bits per heavy atom. The maximum Gasteiger partial charge on any atom is 0.292 e. The zero-order valence-electron chi connectivity index (χ0n) is 15.0. The minimum Gasteiger partial charge on any atom is -0.392 e. The van der Waals surface area contributed by atoms with Gasteiger partial charge in [0, 0.05) is 57.1 Å². The van der Waals surface area contributed by atoms with Gasteiger partial charge < -0.3 is 10.0 Å². The molecular weight excluding hydrogens is 334 g/mol. The third-order valence-electron chi connectivity index (χ3n) is 4.77. The lowest BCUT2D eigenvalue weighted by atomic mass is 10.1. The van der Waals surface area contributed by atoms with Crippen LogP contribution in [0.4, 0.5) is 11.4 Å². The largest absolute Gasteiger partial charge is 0.392 e. The van der Waals surface area contributed by atoms with Gasteiger partial charge in [-0.05, 0) is 31.0 Å². The second-order valence-corrected chi connectivity index (χ2v) is 6.56. The number of aryl methyl sites for hydroxylation is 1. The summed E-state index contributed by atoms with van der Waals surface area (Å²) < 4.78 is 1.92. The summed E-state index contributed by atoms with van der Waals surface area (Å²) in [5, 5.41) is 25.1. The van der Waals surface area contributed by atoms with Gasteiger partial charge in [0.2, 0.25) is 0 Å². The molecule has 1 fully saturated rings. The first-order chi connectivity index (χ1) is 12.6. The Morgan fingerprint density at radius 3 is 2.77 bits per heavy atom. The van der Waals surface area contributed by atoms with E-state index >= 15 is 0 Å². The van der Waals surface area contributed by atoms with E-state index in [1.807, 2.05) is 10.9 Å². The van der Waals surface area contributed by atoms with E-state index in [-0.39, 0.29) is 17.2 Å². The smallest absolute Gasteiger partial charge is 0.292 e. The van der Waals surface area contributed by atoms with Crippen molar-refractivity contribution in [1.82, 2.24) is 14.7 Å². The second-order valence-electron chi connectivity index (χ2n) is 6.56. The molecule has 8 heteroatoms. The summed E-state index contributed by atoms with van der Waals surface area (Å²) >= 11 is 0. The van der Waals surface area contributed by atoms with Gasteiger partial charge in [-0.3, -0.25) is 19.7 Å². The van der Waals surface area contributed by atoms with Gasteiger partial charge in [0.05, 0.1) is 17.7 Å². The molecule has 2 heterocycles. The van der Waals surface area contributed by atoms with Crippen molar-refractivity contribution in [2.45, 2.75) is 33.0 Å². The molecule has 8 nitrogen and oxygen atoms in total. The number of aliphatic hydroxyl groups is 1. The molecular formula is C18H25N5O3. The first-order valence-electron chi connectivity index (χ1n) is 8.97. The highest BCUT2D eigenvalue weighted by atomic mass is 16.6. The van der Waals surface area contributed by atoms with Crippen LogP contribution < -0.4 is 4.90 Å². The number of nitro groups is 1. The summed E-state index contributed by atoms with van der Waals surface area (Å²) in [6, 6.07) is 4.83. The van der Waals surface area contributed by atoms with Crippen molar-refractivity contribution in [1.29, 1.82) is 0 Å². The molecule has 2 aromatic rings. The Balaban J connectivity index is 1.71. The van der Waals surface area contributed by atoms with Gasteiger partial charge in [-0.2, -0.15) is 5.10 Å². The van der Waals surface area contributed by atoms with E-state index in [4.69, 9.17) is 0 Å². The van der Waals surface area contributed by atoms with Crippen LogP contribution in [0.15, 0.2) is 30.6 Å². The fourth-order valence-electron chi connectivity index (χ4n) is 3.36. The van der Waals surface area contributed by atoms with Crippen molar-refractivity contribution in [2.75, 3.05) is 31.1 Å². The Morgan fingerprint density at radius 1 is 1.23 bits per heavy atom. The van der Waals surface area contributed by atoms with E-state index in [1.165, 1.54) is 11.6 Å². The number of rotatable bonds is 6. The maximum absolute atomic E-state index is 11.4. The molecule has 0 amide bonds. The van der Waals surface area contributed by atoms with E-state index in [0.717, 1.165) is 45.7 Å². The van der Waals surface area contributed by atoms with Crippen LogP contribution in [0.3, 0.4) is 0 Å². The average Bonchev–Trinajstić information content (AvgIpc) is 2.98. The third kappa shape index (κ3) is 4.20. The van der Waals surface area contributed by atoms with Gasteiger partial charge in [0.15, 0.2) is 0 Å². The van der Waals surface area contributed by atoms with Crippen LogP contribution in [0.1, 0.15) is 24.5 Å². The van der Waals surface area contributed by atoms with Crippen LogP contribution in [0, 0.1) is 10.1 Å². The second kappa shape index (κ2) is 8.29. The van der Waals surface area contributed by atoms with Crippen molar-refractivity contribution in [2.24, 2.45) is 0 Å². The molecule has 1 aliphatic rings.